The van der Waals surface area contributed by atoms with Crippen molar-refractivity contribution in [2.45, 2.75) is 19.4 Å². The van der Waals surface area contributed by atoms with Crippen molar-refractivity contribution in [1.29, 1.82) is 0 Å². The Morgan fingerprint density at radius 2 is 2.16 bits per heavy atom. The van der Waals surface area contributed by atoms with E-state index in [4.69, 9.17) is 16.7 Å². The number of aryl methyl sites for hydroxylation is 1. The van der Waals surface area contributed by atoms with E-state index in [1.165, 1.54) is 0 Å². The van der Waals surface area contributed by atoms with Crippen LogP contribution in [0, 0.1) is 6.92 Å². The van der Waals surface area contributed by atoms with Gasteiger partial charge in [0.25, 0.3) is 5.91 Å². The quantitative estimate of drug-likeness (QED) is 0.847. The maximum atomic E-state index is 12.0. The lowest BCUT2D eigenvalue weighted by molar-refractivity contribution is -0.139. The first-order chi connectivity index (χ1) is 8.95. The Hall–Kier alpha value is -1.20. The van der Waals surface area contributed by atoms with Gasteiger partial charge in [-0.1, -0.05) is 11.6 Å². The molecule has 0 aliphatic carbocycles. The number of amides is 1. The zero-order valence-electron chi connectivity index (χ0n) is 10.8. The minimum absolute atomic E-state index is 0.386. The highest BCUT2D eigenvalue weighted by Crippen LogP contribution is 2.15. The van der Waals surface area contributed by atoms with E-state index in [-0.39, 0.29) is 5.91 Å². The SMILES string of the molecule is CSCC[C@@H](NC(=O)c1ccc(Cl)cc1C)C(=O)O. The summed E-state index contributed by atoms with van der Waals surface area (Å²) in [5.41, 5.74) is 1.17. The number of carboxylic acid groups (broad SMARTS) is 1. The van der Waals surface area contributed by atoms with E-state index in [1.54, 1.807) is 36.9 Å². The summed E-state index contributed by atoms with van der Waals surface area (Å²) in [6.07, 6.45) is 2.29. The lowest BCUT2D eigenvalue weighted by atomic mass is 10.1. The van der Waals surface area contributed by atoms with Gasteiger partial charge in [-0.25, -0.2) is 4.79 Å². The molecule has 0 bridgehead atoms. The molecule has 1 aromatic rings. The molecule has 0 aliphatic heterocycles. The highest BCUT2D eigenvalue weighted by Gasteiger charge is 2.20. The van der Waals surface area contributed by atoms with Gasteiger partial charge in [0.2, 0.25) is 0 Å². The zero-order valence-corrected chi connectivity index (χ0v) is 12.3. The fourth-order valence-electron chi connectivity index (χ4n) is 1.61. The van der Waals surface area contributed by atoms with Crippen LogP contribution >= 0.6 is 23.4 Å². The molecule has 6 heteroatoms. The molecule has 0 spiro atoms. The topological polar surface area (TPSA) is 66.4 Å². The van der Waals surface area contributed by atoms with Crippen LogP contribution in [0.2, 0.25) is 5.02 Å². The van der Waals surface area contributed by atoms with Crippen molar-refractivity contribution in [2.75, 3.05) is 12.0 Å². The maximum Gasteiger partial charge on any atom is 0.326 e. The Morgan fingerprint density at radius 3 is 2.68 bits per heavy atom. The minimum Gasteiger partial charge on any atom is -0.480 e. The molecule has 0 radical (unpaired) electrons. The number of benzene rings is 1. The Morgan fingerprint density at radius 1 is 1.47 bits per heavy atom. The zero-order chi connectivity index (χ0) is 14.4. The van der Waals surface area contributed by atoms with Crippen LogP contribution in [0.1, 0.15) is 22.3 Å². The molecule has 1 aromatic carbocycles. The van der Waals surface area contributed by atoms with E-state index in [0.29, 0.717) is 22.8 Å². The molecule has 4 nitrogen and oxygen atoms in total. The largest absolute Gasteiger partial charge is 0.480 e. The molecule has 104 valence electrons. The van der Waals surface area contributed by atoms with Crippen molar-refractivity contribution in [1.82, 2.24) is 5.32 Å². The summed E-state index contributed by atoms with van der Waals surface area (Å²) in [7, 11) is 0. The fourth-order valence-corrected chi connectivity index (χ4v) is 2.31. The van der Waals surface area contributed by atoms with Crippen LogP contribution in [0.5, 0.6) is 0 Å². The second-order valence-corrected chi connectivity index (χ2v) is 5.53. The molecule has 0 saturated heterocycles. The number of hydrogen-bond donors (Lipinski definition) is 2. The van der Waals surface area contributed by atoms with E-state index in [0.717, 1.165) is 5.56 Å². The van der Waals surface area contributed by atoms with Crippen LogP contribution < -0.4 is 5.32 Å². The number of carbonyl (C=O) groups excluding carboxylic acids is 1. The number of carboxylic acids is 1. The standard InChI is InChI=1S/C13H16ClNO3S/c1-8-7-9(14)3-4-10(8)12(16)15-11(13(17)18)5-6-19-2/h3-4,7,11H,5-6H2,1-2H3,(H,15,16)(H,17,18)/t11-/m1/s1. The van der Waals surface area contributed by atoms with Gasteiger partial charge < -0.3 is 10.4 Å². The Balaban J connectivity index is 2.78. The molecular weight excluding hydrogens is 286 g/mol. The Labute approximate surface area is 121 Å². The molecule has 0 heterocycles. The molecule has 1 amide bonds. The molecule has 0 saturated carbocycles. The highest BCUT2D eigenvalue weighted by atomic mass is 35.5. The van der Waals surface area contributed by atoms with E-state index < -0.39 is 12.0 Å². The van der Waals surface area contributed by atoms with Crippen LogP contribution in [0.25, 0.3) is 0 Å². The van der Waals surface area contributed by atoms with Crippen LogP contribution in [0.15, 0.2) is 18.2 Å². The van der Waals surface area contributed by atoms with E-state index >= 15 is 0 Å². The van der Waals surface area contributed by atoms with Gasteiger partial charge in [-0.05, 0) is 49.1 Å². The molecule has 0 unspecified atom stereocenters. The van der Waals surface area contributed by atoms with Gasteiger partial charge >= 0.3 is 5.97 Å². The lowest BCUT2D eigenvalue weighted by Gasteiger charge is -2.15. The molecule has 0 aromatic heterocycles. The van der Waals surface area contributed by atoms with Gasteiger partial charge in [-0.15, -0.1) is 0 Å². The third-order valence-corrected chi connectivity index (χ3v) is 3.53. The predicted molar refractivity (Wildman–Crippen MR) is 78.1 cm³/mol. The second kappa shape index (κ2) is 7.40. The van der Waals surface area contributed by atoms with E-state index in [9.17, 15) is 9.59 Å². The predicted octanol–water partition coefficient (Wildman–Crippen LogP) is 2.58. The van der Waals surface area contributed by atoms with Crippen molar-refractivity contribution in [3.63, 3.8) is 0 Å². The van der Waals surface area contributed by atoms with Gasteiger partial charge in [0.1, 0.15) is 6.04 Å². The van der Waals surface area contributed by atoms with Gasteiger partial charge in [-0.3, -0.25) is 4.79 Å². The number of halogens is 1. The molecule has 0 aliphatic rings. The number of thioether (sulfide) groups is 1. The molecule has 1 atom stereocenters. The minimum atomic E-state index is -1.02. The summed E-state index contributed by atoms with van der Waals surface area (Å²) in [6, 6.07) is 4.02. The van der Waals surface area contributed by atoms with Crippen LogP contribution in [0.4, 0.5) is 0 Å². The van der Waals surface area contributed by atoms with Crippen molar-refractivity contribution in [2.24, 2.45) is 0 Å². The molecular formula is C13H16ClNO3S. The monoisotopic (exact) mass is 301 g/mol. The van der Waals surface area contributed by atoms with E-state index in [2.05, 4.69) is 5.32 Å². The van der Waals surface area contributed by atoms with Crippen LogP contribution in [-0.2, 0) is 4.79 Å². The summed E-state index contributed by atoms with van der Waals surface area (Å²) >= 11 is 7.36. The smallest absolute Gasteiger partial charge is 0.326 e. The summed E-state index contributed by atoms with van der Waals surface area (Å²) in [5.74, 6) is -0.728. The van der Waals surface area contributed by atoms with Gasteiger partial charge in [0, 0.05) is 10.6 Å². The normalized spacial score (nSPS) is 11.9. The van der Waals surface area contributed by atoms with Crippen molar-refractivity contribution >= 4 is 35.2 Å². The number of hydrogen-bond acceptors (Lipinski definition) is 3. The summed E-state index contributed by atoms with van der Waals surface area (Å²) < 4.78 is 0. The van der Waals surface area contributed by atoms with Gasteiger partial charge in [0.05, 0.1) is 0 Å². The molecule has 1 rings (SSSR count). The van der Waals surface area contributed by atoms with Crippen LogP contribution in [0.3, 0.4) is 0 Å². The third-order valence-electron chi connectivity index (χ3n) is 2.65. The maximum absolute atomic E-state index is 12.0. The molecule has 0 fully saturated rings. The van der Waals surface area contributed by atoms with Crippen LogP contribution in [-0.4, -0.2) is 35.0 Å². The van der Waals surface area contributed by atoms with Crippen molar-refractivity contribution in [3.05, 3.63) is 34.3 Å². The number of nitrogens with one attached hydrogen (secondary N) is 1. The third kappa shape index (κ3) is 4.76. The summed E-state index contributed by atoms with van der Waals surface area (Å²) in [4.78, 5) is 23.1. The molecule has 19 heavy (non-hydrogen) atoms. The highest BCUT2D eigenvalue weighted by molar-refractivity contribution is 7.98. The number of rotatable bonds is 6. The summed E-state index contributed by atoms with van der Waals surface area (Å²) in [5, 5.41) is 12.1. The van der Waals surface area contributed by atoms with Crippen molar-refractivity contribution in [3.8, 4) is 0 Å². The number of aliphatic carboxylic acids is 1. The average Bonchev–Trinajstić information content (AvgIpc) is 2.33. The van der Waals surface area contributed by atoms with Gasteiger partial charge in [0.15, 0.2) is 0 Å². The second-order valence-electron chi connectivity index (χ2n) is 4.11. The average molecular weight is 302 g/mol. The summed E-state index contributed by atoms with van der Waals surface area (Å²) in [6.45, 7) is 1.76. The first kappa shape index (κ1) is 15.9. The lowest BCUT2D eigenvalue weighted by Crippen LogP contribution is -2.41. The number of carbonyl (C=O) groups is 2. The van der Waals surface area contributed by atoms with Gasteiger partial charge in [-0.2, -0.15) is 11.8 Å². The Bertz CT molecular complexity index is 479. The fraction of sp³-hybridized carbons (Fsp3) is 0.385. The molecule has 2 N–H and O–H groups in total. The Kier molecular flexibility index (Phi) is 6.18. The van der Waals surface area contributed by atoms with Crippen molar-refractivity contribution < 1.29 is 14.7 Å². The van der Waals surface area contributed by atoms with E-state index in [1.807, 2.05) is 6.26 Å². The first-order valence-corrected chi connectivity index (χ1v) is 7.51. The first-order valence-electron chi connectivity index (χ1n) is 5.74.